The van der Waals surface area contributed by atoms with Crippen molar-refractivity contribution in [3.8, 4) is 0 Å². The van der Waals surface area contributed by atoms with Gasteiger partial charge in [-0.3, -0.25) is 9.59 Å². The van der Waals surface area contributed by atoms with Crippen LogP contribution in [0.15, 0.2) is 33.6 Å². The molecule has 0 aliphatic carbocycles. The van der Waals surface area contributed by atoms with Crippen molar-refractivity contribution < 1.29 is 23.2 Å². The molecule has 3 rings (SSSR count). The first-order chi connectivity index (χ1) is 11.8. The number of carbonyl (C=O) groups is 1. The first kappa shape index (κ1) is 18.9. The Hall–Kier alpha value is -2.48. The van der Waals surface area contributed by atoms with Crippen LogP contribution in [0.2, 0.25) is 0 Å². The number of aromatic nitrogens is 1. The summed E-state index contributed by atoms with van der Waals surface area (Å²) >= 11 is 0. The van der Waals surface area contributed by atoms with Crippen LogP contribution < -0.4 is 10.9 Å². The molecule has 6 nitrogen and oxygen atoms in total. The molecule has 0 saturated carbocycles. The highest BCUT2D eigenvalue weighted by atomic mass is 19.2. The number of H-pyrrole nitrogens is 1. The monoisotopic (exact) mass is 354 g/mol. The number of aromatic amines is 1. The maximum Gasteiger partial charge on any atom is 0.300 e. The molecule has 8 heteroatoms. The lowest BCUT2D eigenvalue weighted by Gasteiger charge is -2.29. The van der Waals surface area contributed by atoms with Crippen molar-refractivity contribution in [3.63, 3.8) is 0 Å². The smallest absolute Gasteiger partial charge is 0.300 e. The summed E-state index contributed by atoms with van der Waals surface area (Å²) in [6.07, 6.45) is 2.29. The fourth-order valence-corrected chi connectivity index (χ4v) is 2.87. The number of halogens is 2. The van der Waals surface area contributed by atoms with E-state index in [0.717, 1.165) is 37.9 Å². The van der Waals surface area contributed by atoms with Crippen molar-refractivity contribution in [2.75, 3.05) is 6.54 Å². The van der Waals surface area contributed by atoms with E-state index in [-0.39, 0.29) is 17.5 Å². The van der Waals surface area contributed by atoms with Gasteiger partial charge >= 0.3 is 0 Å². The van der Waals surface area contributed by atoms with Gasteiger partial charge < -0.3 is 14.9 Å². The zero-order valence-electron chi connectivity index (χ0n) is 13.7. The van der Waals surface area contributed by atoms with E-state index < -0.39 is 17.6 Å². The molecule has 1 fully saturated rings. The van der Waals surface area contributed by atoms with E-state index >= 15 is 0 Å². The molecular formula is C17H20F2N2O4. The molecule has 25 heavy (non-hydrogen) atoms. The van der Waals surface area contributed by atoms with Gasteiger partial charge in [-0.1, -0.05) is 6.07 Å². The zero-order valence-corrected chi connectivity index (χ0v) is 13.7. The van der Waals surface area contributed by atoms with Crippen LogP contribution in [0.4, 0.5) is 8.78 Å². The van der Waals surface area contributed by atoms with Crippen molar-refractivity contribution in [2.24, 2.45) is 0 Å². The Bertz CT molecular complexity index is 768. The molecule has 1 saturated heterocycles. The Balaban J connectivity index is 0.000000511. The molecule has 0 amide bonds. The number of rotatable bonds is 3. The molecule has 1 aromatic heterocycles. The topological polar surface area (TPSA) is 95.3 Å². The normalized spacial score (nSPS) is 19.8. The molecule has 2 heterocycles. The number of benzene rings is 1. The highest BCUT2D eigenvalue weighted by Gasteiger charge is 2.25. The van der Waals surface area contributed by atoms with Crippen LogP contribution in [0, 0.1) is 11.6 Å². The highest BCUT2D eigenvalue weighted by molar-refractivity contribution is 5.62. The molecule has 0 radical (unpaired) electrons. The van der Waals surface area contributed by atoms with Crippen LogP contribution in [-0.2, 0) is 11.2 Å². The Kier molecular flexibility index (Phi) is 6.46. The van der Waals surface area contributed by atoms with Crippen molar-refractivity contribution in [1.82, 2.24) is 10.5 Å². The van der Waals surface area contributed by atoms with E-state index in [1.807, 2.05) is 0 Å². The average molecular weight is 354 g/mol. The van der Waals surface area contributed by atoms with Crippen LogP contribution in [-0.4, -0.2) is 28.8 Å². The average Bonchev–Trinajstić information content (AvgIpc) is 2.97. The second-order valence-corrected chi connectivity index (χ2v) is 5.96. The first-order valence-electron chi connectivity index (χ1n) is 7.90. The molecule has 3 N–H and O–H groups in total. The van der Waals surface area contributed by atoms with E-state index in [9.17, 15) is 13.6 Å². The molecule has 0 unspecified atom stereocenters. The van der Waals surface area contributed by atoms with Crippen LogP contribution in [0.3, 0.4) is 0 Å². The molecule has 0 spiro atoms. The number of hydrogen-bond acceptors (Lipinski definition) is 4. The minimum Gasteiger partial charge on any atom is -0.481 e. The number of carboxylic acid groups (broad SMARTS) is 1. The molecule has 1 aliphatic rings. The predicted octanol–water partition coefficient (Wildman–Crippen LogP) is 2.42. The molecule has 0 bridgehead atoms. The minimum atomic E-state index is -0.833. The Morgan fingerprint density at radius 2 is 2.04 bits per heavy atom. The van der Waals surface area contributed by atoms with Crippen LogP contribution >= 0.6 is 0 Å². The standard InChI is InChI=1S/C15H16F2N2O2.C2H4O2/c16-12-2-1-9(6-13(12)17)5-11-7-10(3-4-18-11)14-8-15(20)19-21-14;1-2(3)4/h1-2,6,8,10-11,18H,3-5,7H2,(H,19,20);1H3,(H,3,4)/t10-,11+;/m1./s1. The summed E-state index contributed by atoms with van der Waals surface area (Å²) in [5, 5.41) is 13.1. The lowest BCUT2D eigenvalue weighted by atomic mass is 9.87. The maximum atomic E-state index is 13.2. The zero-order chi connectivity index (χ0) is 18.4. The third-order valence-electron chi connectivity index (χ3n) is 3.91. The Morgan fingerprint density at radius 3 is 2.64 bits per heavy atom. The van der Waals surface area contributed by atoms with Crippen molar-refractivity contribution in [3.05, 3.63) is 57.6 Å². The Morgan fingerprint density at radius 1 is 1.32 bits per heavy atom. The van der Waals surface area contributed by atoms with Gasteiger partial charge in [0.2, 0.25) is 0 Å². The second-order valence-electron chi connectivity index (χ2n) is 5.96. The van der Waals surface area contributed by atoms with Gasteiger partial charge in [-0.2, -0.15) is 5.16 Å². The quantitative estimate of drug-likeness (QED) is 0.787. The number of carboxylic acids is 1. The maximum absolute atomic E-state index is 13.2. The summed E-state index contributed by atoms with van der Waals surface area (Å²) < 4.78 is 31.3. The largest absolute Gasteiger partial charge is 0.481 e. The minimum absolute atomic E-state index is 0.147. The third kappa shape index (κ3) is 5.82. The van der Waals surface area contributed by atoms with E-state index in [2.05, 4.69) is 10.5 Å². The van der Waals surface area contributed by atoms with E-state index in [1.54, 1.807) is 6.07 Å². The van der Waals surface area contributed by atoms with Gasteiger partial charge in [0.1, 0.15) is 5.76 Å². The lowest BCUT2D eigenvalue weighted by molar-refractivity contribution is -0.134. The number of aliphatic carboxylic acids is 1. The van der Waals surface area contributed by atoms with Crippen molar-refractivity contribution in [2.45, 2.75) is 38.1 Å². The Labute approximate surface area is 142 Å². The van der Waals surface area contributed by atoms with Gasteiger partial charge in [0, 0.05) is 24.9 Å². The molecule has 1 aromatic carbocycles. The highest BCUT2D eigenvalue weighted by Crippen LogP contribution is 2.28. The van der Waals surface area contributed by atoms with Crippen LogP contribution in [0.25, 0.3) is 0 Å². The summed E-state index contributed by atoms with van der Waals surface area (Å²) in [4.78, 5) is 20.1. The number of piperidine rings is 1. The molecule has 136 valence electrons. The van der Waals surface area contributed by atoms with Crippen LogP contribution in [0.1, 0.15) is 37.0 Å². The summed E-state index contributed by atoms with van der Waals surface area (Å²) in [5.41, 5.74) is 0.517. The van der Waals surface area contributed by atoms with Crippen molar-refractivity contribution in [1.29, 1.82) is 0 Å². The summed E-state index contributed by atoms with van der Waals surface area (Å²) in [5.74, 6) is -1.66. The molecule has 2 atom stereocenters. The van der Waals surface area contributed by atoms with E-state index in [0.29, 0.717) is 12.2 Å². The van der Waals surface area contributed by atoms with Crippen LogP contribution in [0.5, 0.6) is 0 Å². The first-order valence-corrected chi connectivity index (χ1v) is 7.90. The SMILES string of the molecule is CC(=O)O.O=c1cc([C@@H]2CCN[C@@H](Cc3ccc(F)c(F)c3)C2)o[nH]1. The van der Waals surface area contributed by atoms with Gasteiger partial charge in [0.05, 0.1) is 0 Å². The molecular weight excluding hydrogens is 334 g/mol. The fourth-order valence-electron chi connectivity index (χ4n) is 2.87. The molecule has 1 aliphatic heterocycles. The number of nitrogens with one attached hydrogen (secondary N) is 2. The van der Waals surface area contributed by atoms with Gasteiger partial charge in [-0.25, -0.2) is 8.78 Å². The third-order valence-corrected chi connectivity index (χ3v) is 3.91. The van der Waals surface area contributed by atoms with Gasteiger partial charge in [0.25, 0.3) is 11.5 Å². The predicted molar refractivity (Wildman–Crippen MR) is 86.5 cm³/mol. The summed E-state index contributed by atoms with van der Waals surface area (Å²) in [7, 11) is 0. The van der Waals surface area contributed by atoms with Gasteiger partial charge in [0.15, 0.2) is 11.6 Å². The summed E-state index contributed by atoms with van der Waals surface area (Å²) in [6.45, 7) is 1.88. The van der Waals surface area contributed by atoms with Gasteiger partial charge in [-0.05, 0) is 43.5 Å². The molecule has 2 aromatic rings. The fraction of sp³-hybridized carbons (Fsp3) is 0.412. The second kappa shape index (κ2) is 8.57. The van der Waals surface area contributed by atoms with Crippen molar-refractivity contribution >= 4 is 5.97 Å². The lowest BCUT2D eigenvalue weighted by Crippen LogP contribution is -2.38. The summed E-state index contributed by atoms with van der Waals surface area (Å²) in [6, 6.07) is 5.60. The van der Waals surface area contributed by atoms with E-state index in [4.69, 9.17) is 14.4 Å². The number of hydrogen-bond donors (Lipinski definition) is 3. The van der Waals surface area contributed by atoms with Gasteiger partial charge in [-0.15, -0.1) is 0 Å². The van der Waals surface area contributed by atoms with E-state index in [1.165, 1.54) is 12.1 Å².